The van der Waals surface area contributed by atoms with Crippen LogP contribution in [0, 0.1) is 0 Å². The molecule has 1 N–H and O–H groups in total. The van der Waals surface area contributed by atoms with Gasteiger partial charge in [-0.3, -0.25) is 9.48 Å². The van der Waals surface area contributed by atoms with Crippen LogP contribution >= 0.6 is 0 Å². The molecule has 1 aromatic heterocycles. The van der Waals surface area contributed by atoms with E-state index in [0.717, 1.165) is 32.5 Å². The van der Waals surface area contributed by atoms with Gasteiger partial charge in [-0.25, -0.2) is 0 Å². The molecule has 1 fully saturated rings. The van der Waals surface area contributed by atoms with Crippen molar-refractivity contribution >= 4 is 5.91 Å². The number of unbranched alkanes of at least 4 members (excludes halogenated alkanes) is 1. The van der Waals surface area contributed by atoms with Gasteiger partial charge < -0.3 is 10.2 Å². The Balaban J connectivity index is 1.98. The van der Waals surface area contributed by atoms with Gasteiger partial charge in [-0.1, -0.05) is 13.3 Å². The number of amides is 1. The highest BCUT2D eigenvalue weighted by Crippen LogP contribution is 2.13. The van der Waals surface area contributed by atoms with Gasteiger partial charge in [-0.2, -0.15) is 5.10 Å². The molecule has 5 heteroatoms. The lowest BCUT2D eigenvalue weighted by Crippen LogP contribution is -2.44. The molecule has 2 atom stereocenters. The molecule has 1 saturated heterocycles. The molecular weight excluding hydrogens is 252 g/mol. The smallest absolute Gasteiger partial charge is 0.247 e. The van der Waals surface area contributed by atoms with Crippen LogP contribution in [0.2, 0.25) is 0 Å². The molecule has 0 radical (unpaired) electrons. The molecule has 2 unspecified atom stereocenters. The number of carbonyl (C=O) groups excluding carboxylic acids is 1. The zero-order chi connectivity index (χ0) is 14.4. The van der Waals surface area contributed by atoms with Gasteiger partial charge >= 0.3 is 0 Å². The number of hydrogen-bond acceptors (Lipinski definition) is 3. The van der Waals surface area contributed by atoms with Crippen LogP contribution in [0.3, 0.4) is 0 Å². The quantitative estimate of drug-likeness (QED) is 0.828. The highest BCUT2D eigenvalue weighted by molar-refractivity contribution is 5.80. The molecular formula is C15H26N4O. The lowest BCUT2D eigenvalue weighted by molar-refractivity contribution is -0.135. The number of nitrogens with zero attached hydrogens (tertiary/aromatic N) is 3. The molecule has 0 bridgehead atoms. The van der Waals surface area contributed by atoms with Gasteiger partial charge in [0.2, 0.25) is 5.91 Å². The van der Waals surface area contributed by atoms with Crippen LogP contribution in [0.1, 0.15) is 45.6 Å². The highest BCUT2D eigenvalue weighted by Gasteiger charge is 2.25. The normalized spacial score (nSPS) is 20.0. The maximum absolute atomic E-state index is 12.7. The van der Waals surface area contributed by atoms with Gasteiger partial charge in [0, 0.05) is 31.5 Å². The summed E-state index contributed by atoms with van der Waals surface area (Å²) in [7, 11) is 0. The summed E-state index contributed by atoms with van der Waals surface area (Å²) in [5, 5.41) is 7.66. The Morgan fingerprint density at radius 3 is 3.05 bits per heavy atom. The lowest BCUT2D eigenvalue weighted by atomic mass is 10.2. The molecule has 0 aromatic carbocycles. The fraction of sp³-hybridized carbons (Fsp3) is 0.733. The molecule has 1 aromatic rings. The van der Waals surface area contributed by atoms with Crippen molar-refractivity contribution in [2.45, 2.75) is 51.6 Å². The first-order chi connectivity index (χ1) is 9.72. The second-order valence-electron chi connectivity index (χ2n) is 5.59. The van der Waals surface area contributed by atoms with Crippen molar-refractivity contribution < 1.29 is 4.79 Å². The van der Waals surface area contributed by atoms with E-state index in [9.17, 15) is 4.79 Å². The standard InChI is InChI=1S/C15H26N4O/c1-3-4-10-18(12-14-7-5-8-16-14)15(20)13(2)19-11-6-9-17-19/h6,9,11,13-14,16H,3-5,7-8,10,12H2,1-2H3. The predicted molar refractivity (Wildman–Crippen MR) is 79.5 cm³/mol. The fourth-order valence-corrected chi connectivity index (χ4v) is 2.71. The van der Waals surface area contributed by atoms with Crippen molar-refractivity contribution in [3.05, 3.63) is 18.5 Å². The van der Waals surface area contributed by atoms with Crippen LogP contribution in [0.5, 0.6) is 0 Å². The van der Waals surface area contributed by atoms with Crippen molar-refractivity contribution in [3.63, 3.8) is 0 Å². The Bertz CT molecular complexity index is 398. The Morgan fingerprint density at radius 2 is 2.45 bits per heavy atom. The summed E-state index contributed by atoms with van der Waals surface area (Å²) in [6.45, 7) is 6.84. The third-order valence-electron chi connectivity index (χ3n) is 3.98. The van der Waals surface area contributed by atoms with E-state index in [2.05, 4.69) is 17.3 Å². The molecule has 20 heavy (non-hydrogen) atoms. The molecule has 0 spiro atoms. The predicted octanol–water partition coefficient (Wildman–Crippen LogP) is 1.82. The van der Waals surface area contributed by atoms with E-state index < -0.39 is 0 Å². The first kappa shape index (κ1) is 15.0. The van der Waals surface area contributed by atoms with Gasteiger partial charge in [0.15, 0.2) is 0 Å². The Kier molecular flexibility index (Phi) is 5.59. The van der Waals surface area contributed by atoms with Gasteiger partial charge in [0.05, 0.1) is 0 Å². The van der Waals surface area contributed by atoms with E-state index in [1.165, 1.54) is 12.8 Å². The second-order valence-corrected chi connectivity index (χ2v) is 5.59. The van der Waals surface area contributed by atoms with Crippen LogP contribution < -0.4 is 5.32 Å². The number of aromatic nitrogens is 2. The van der Waals surface area contributed by atoms with E-state index in [0.29, 0.717) is 6.04 Å². The minimum Gasteiger partial charge on any atom is -0.339 e. The summed E-state index contributed by atoms with van der Waals surface area (Å²) in [6.07, 6.45) is 8.14. The fourth-order valence-electron chi connectivity index (χ4n) is 2.71. The van der Waals surface area contributed by atoms with Crippen LogP contribution in [0.4, 0.5) is 0 Å². The van der Waals surface area contributed by atoms with Crippen molar-refractivity contribution in [2.75, 3.05) is 19.6 Å². The van der Waals surface area contributed by atoms with Gasteiger partial charge in [0.25, 0.3) is 0 Å². The topological polar surface area (TPSA) is 50.2 Å². The molecule has 112 valence electrons. The largest absolute Gasteiger partial charge is 0.339 e. The van der Waals surface area contributed by atoms with E-state index >= 15 is 0 Å². The minimum atomic E-state index is -0.219. The summed E-state index contributed by atoms with van der Waals surface area (Å²) >= 11 is 0. The molecule has 2 rings (SSSR count). The third kappa shape index (κ3) is 3.82. The summed E-state index contributed by atoms with van der Waals surface area (Å²) in [5.74, 6) is 0.177. The van der Waals surface area contributed by atoms with Crippen molar-refractivity contribution in [2.24, 2.45) is 0 Å². The minimum absolute atomic E-state index is 0.177. The zero-order valence-electron chi connectivity index (χ0n) is 12.6. The average molecular weight is 278 g/mol. The Labute approximate surface area is 121 Å². The van der Waals surface area contributed by atoms with Crippen LogP contribution in [0.15, 0.2) is 18.5 Å². The summed E-state index contributed by atoms with van der Waals surface area (Å²) in [5.41, 5.74) is 0. The molecule has 1 amide bonds. The molecule has 0 saturated carbocycles. The zero-order valence-corrected chi connectivity index (χ0v) is 12.6. The van der Waals surface area contributed by atoms with Crippen LogP contribution in [-0.4, -0.2) is 46.3 Å². The first-order valence-electron chi connectivity index (χ1n) is 7.73. The SMILES string of the molecule is CCCCN(CC1CCCN1)C(=O)C(C)n1cccn1. The van der Waals surface area contributed by atoms with Gasteiger partial charge in [-0.15, -0.1) is 0 Å². The van der Waals surface area contributed by atoms with E-state index in [4.69, 9.17) is 0 Å². The van der Waals surface area contributed by atoms with Crippen molar-refractivity contribution in [1.29, 1.82) is 0 Å². The Morgan fingerprint density at radius 1 is 1.60 bits per heavy atom. The maximum Gasteiger partial charge on any atom is 0.247 e. The third-order valence-corrected chi connectivity index (χ3v) is 3.98. The molecule has 1 aliphatic rings. The lowest BCUT2D eigenvalue weighted by Gasteiger charge is -2.28. The van der Waals surface area contributed by atoms with Crippen LogP contribution in [-0.2, 0) is 4.79 Å². The molecule has 2 heterocycles. The highest BCUT2D eigenvalue weighted by atomic mass is 16.2. The summed E-state index contributed by atoms with van der Waals surface area (Å²) in [6, 6.07) is 2.10. The number of nitrogens with one attached hydrogen (secondary N) is 1. The Hall–Kier alpha value is -1.36. The molecule has 0 aliphatic carbocycles. The average Bonchev–Trinajstić information content (AvgIpc) is 3.14. The van der Waals surface area contributed by atoms with Crippen LogP contribution in [0.25, 0.3) is 0 Å². The van der Waals surface area contributed by atoms with Crippen molar-refractivity contribution in [1.82, 2.24) is 20.0 Å². The number of hydrogen-bond donors (Lipinski definition) is 1. The maximum atomic E-state index is 12.7. The second kappa shape index (κ2) is 7.43. The number of rotatable bonds is 7. The molecule has 1 aliphatic heterocycles. The van der Waals surface area contributed by atoms with E-state index in [1.54, 1.807) is 10.9 Å². The first-order valence-corrected chi connectivity index (χ1v) is 7.73. The monoisotopic (exact) mass is 278 g/mol. The van der Waals surface area contributed by atoms with Gasteiger partial charge in [0.1, 0.15) is 6.04 Å². The van der Waals surface area contributed by atoms with Gasteiger partial charge in [-0.05, 0) is 38.8 Å². The molecule has 5 nitrogen and oxygen atoms in total. The van der Waals surface area contributed by atoms with Crippen molar-refractivity contribution in [3.8, 4) is 0 Å². The summed E-state index contributed by atoms with van der Waals surface area (Å²) < 4.78 is 1.74. The number of carbonyl (C=O) groups is 1. The summed E-state index contributed by atoms with van der Waals surface area (Å²) in [4.78, 5) is 14.7. The van der Waals surface area contributed by atoms with E-state index in [-0.39, 0.29) is 11.9 Å². The van der Waals surface area contributed by atoms with E-state index in [1.807, 2.05) is 24.1 Å².